The molecule has 1 rings (SSSR count). The van der Waals surface area contributed by atoms with Gasteiger partial charge in [-0.15, -0.1) is 0 Å². The van der Waals surface area contributed by atoms with Gasteiger partial charge < -0.3 is 5.11 Å². The van der Waals surface area contributed by atoms with Crippen LogP contribution in [0.2, 0.25) is 0 Å². The fraction of sp³-hybridized carbons (Fsp3) is 0.143. The third kappa shape index (κ3) is 2.90. The number of anilines is 1. The summed E-state index contributed by atoms with van der Waals surface area (Å²) < 4.78 is 35.9. The number of benzene rings is 1. The van der Waals surface area contributed by atoms with E-state index in [0.717, 1.165) is 24.5 Å². The molecule has 0 bridgehead atoms. The Balaban J connectivity index is 3.04. The largest absolute Gasteiger partial charge is 0.506 e. The first kappa shape index (κ1) is 9.79. The van der Waals surface area contributed by atoms with Gasteiger partial charge in [-0.1, -0.05) is 0 Å². The summed E-state index contributed by atoms with van der Waals surface area (Å²) in [7, 11) is -3.44. The maximum absolute atomic E-state index is 12.4. The Hall–Kier alpha value is -1.30. The van der Waals surface area contributed by atoms with Crippen molar-refractivity contribution in [1.82, 2.24) is 0 Å². The van der Waals surface area contributed by atoms with Crippen LogP contribution in [0.25, 0.3) is 0 Å². The van der Waals surface area contributed by atoms with E-state index < -0.39 is 21.6 Å². The summed E-state index contributed by atoms with van der Waals surface area (Å²) in [6.07, 6.45) is 0.940. The van der Waals surface area contributed by atoms with Crippen molar-refractivity contribution in [2.24, 2.45) is 0 Å². The molecule has 0 heterocycles. The summed E-state index contributed by atoms with van der Waals surface area (Å²) in [4.78, 5) is 0. The van der Waals surface area contributed by atoms with Gasteiger partial charge >= 0.3 is 0 Å². The molecule has 0 fully saturated rings. The Bertz CT molecular complexity index is 416. The standard InChI is InChI=1S/C7H8FNO3S/c1-13(11,12)9-6-3-2-5(8)4-7(6)10/h2-4,9-10H,1H3. The number of phenols is 1. The highest BCUT2D eigenvalue weighted by atomic mass is 32.2. The zero-order valence-electron chi connectivity index (χ0n) is 6.78. The van der Waals surface area contributed by atoms with E-state index in [1.165, 1.54) is 0 Å². The lowest BCUT2D eigenvalue weighted by Crippen LogP contribution is -2.09. The number of hydrogen-bond donors (Lipinski definition) is 2. The van der Waals surface area contributed by atoms with Crippen LogP contribution in [0.15, 0.2) is 18.2 Å². The van der Waals surface area contributed by atoms with Gasteiger partial charge in [-0.2, -0.15) is 0 Å². The fourth-order valence-electron chi connectivity index (χ4n) is 0.791. The average molecular weight is 205 g/mol. The fourth-order valence-corrected chi connectivity index (χ4v) is 1.36. The Kier molecular flexibility index (Phi) is 2.42. The minimum atomic E-state index is -3.44. The Morgan fingerprint density at radius 2 is 2.08 bits per heavy atom. The zero-order valence-corrected chi connectivity index (χ0v) is 7.60. The first-order valence-corrected chi connectivity index (χ1v) is 5.24. The van der Waals surface area contributed by atoms with E-state index in [2.05, 4.69) is 0 Å². The van der Waals surface area contributed by atoms with Crippen LogP contribution in [0.4, 0.5) is 10.1 Å². The number of aromatic hydroxyl groups is 1. The van der Waals surface area contributed by atoms with Gasteiger partial charge in [-0.3, -0.25) is 4.72 Å². The van der Waals surface area contributed by atoms with Gasteiger partial charge in [0.05, 0.1) is 11.9 Å². The molecule has 0 atom stereocenters. The van der Waals surface area contributed by atoms with E-state index in [-0.39, 0.29) is 5.69 Å². The Morgan fingerprint density at radius 1 is 1.46 bits per heavy atom. The molecule has 0 aliphatic heterocycles. The van der Waals surface area contributed by atoms with E-state index in [0.29, 0.717) is 0 Å². The molecule has 0 unspecified atom stereocenters. The number of halogens is 1. The number of hydrogen-bond acceptors (Lipinski definition) is 3. The summed E-state index contributed by atoms with van der Waals surface area (Å²) in [6, 6.07) is 3.02. The molecule has 0 saturated heterocycles. The topological polar surface area (TPSA) is 66.4 Å². The second kappa shape index (κ2) is 3.21. The van der Waals surface area contributed by atoms with Gasteiger partial charge in [0.15, 0.2) is 0 Å². The van der Waals surface area contributed by atoms with Gasteiger partial charge in [0.25, 0.3) is 0 Å². The molecule has 0 aliphatic carbocycles. The molecule has 13 heavy (non-hydrogen) atoms. The average Bonchev–Trinajstić information content (AvgIpc) is 1.93. The van der Waals surface area contributed by atoms with E-state index >= 15 is 0 Å². The molecule has 6 heteroatoms. The van der Waals surface area contributed by atoms with Crippen LogP contribution in [-0.2, 0) is 10.0 Å². The molecular weight excluding hydrogens is 197 g/mol. The highest BCUT2D eigenvalue weighted by Crippen LogP contribution is 2.23. The van der Waals surface area contributed by atoms with Crippen molar-refractivity contribution in [2.45, 2.75) is 0 Å². The predicted molar refractivity (Wildman–Crippen MR) is 46.5 cm³/mol. The molecular formula is C7H8FNO3S. The molecule has 0 saturated carbocycles. The highest BCUT2D eigenvalue weighted by molar-refractivity contribution is 7.92. The van der Waals surface area contributed by atoms with Crippen LogP contribution < -0.4 is 4.72 Å². The minimum Gasteiger partial charge on any atom is -0.506 e. The van der Waals surface area contributed by atoms with Crippen LogP contribution in [0.5, 0.6) is 5.75 Å². The summed E-state index contributed by atoms with van der Waals surface area (Å²) in [5.41, 5.74) is -0.0381. The van der Waals surface area contributed by atoms with E-state index in [9.17, 15) is 12.8 Å². The first-order chi connectivity index (χ1) is 5.88. The SMILES string of the molecule is CS(=O)(=O)Nc1ccc(F)cc1O. The van der Waals surface area contributed by atoms with Crippen molar-refractivity contribution in [3.63, 3.8) is 0 Å². The number of nitrogens with one attached hydrogen (secondary N) is 1. The second-order valence-electron chi connectivity index (χ2n) is 2.54. The highest BCUT2D eigenvalue weighted by Gasteiger charge is 2.06. The van der Waals surface area contributed by atoms with Gasteiger partial charge in [0, 0.05) is 6.07 Å². The van der Waals surface area contributed by atoms with Crippen molar-refractivity contribution in [1.29, 1.82) is 0 Å². The number of phenolic OH excluding ortho intramolecular Hbond substituents is 1. The summed E-state index contributed by atoms with van der Waals surface area (Å²) >= 11 is 0. The summed E-state index contributed by atoms with van der Waals surface area (Å²) in [5, 5.41) is 9.09. The van der Waals surface area contributed by atoms with Crippen LogP contribution >= 0.6 is 0 Å². The predicted octanol–water partition coefficient (Wildman–Crippen LogP) is 0.903. The molecule has 0 spiro atoms. The Morgan fingerprint density at radius 3 is 2.54 bits per heavy atom. The Labute approximate surface area is 75.1 Å². The minimum absolute atomic E-state index is 0.0381. The molecule has 4 nitrogen and oxygen atoms in total. The van der Waals surface area contributed by atoms with Gasteiger partial charge in [0.2, 0.25) is 10.0 Å². The lowest BCUT2D eigenvalue weighted by atomic mass is 10.3. The molecule has 1 aromatic carbocycles. The van der Waals surface area contributed by atoms with Crippen molar-refractivity contribution < 1.29 is 17.9 Å². The van der Waals surface area contributed by atoms with Crippen LogP contribution in [0, 0.1) is 5.82 Å². The summed E-state index contributed by atoms with van der Waals surface area (Å²) in [5.74, 6) is -1.07. The second-order valence-corrected chi connectivity index (χ2v) is 4.28. The maximum atomic E-state index is 12.4. The zero-order chi connectivity index (χ0) is 10.1. The maximum Gasteiger partial charge on any atom is 0.229 e. The summed E-state index contributed by atoms with van der Waals surface area (Å²) in [6.45, 7) is 0. The first-order valence-electron chi connectivity index (χ1n) is 3.35. The molecule has 72 valence electrons. The smallest absolute Gasteiger partial charge is 0.229 e. The molecule has 0 aromatic heterocycles. The molecule has 2 N–H and O–H groups in total. The third-order valence-corrected chi connectivity index (χ3v) is 1.85. The van der Waals surface area contributed by atoms with Crippen LogP contribution in [-0.4, -0.2) is 19.8 Å². The van der Waals surface area contributed by atoms with E-state index in [1.54, 1.807) is 0 Å². The third-order valence-electron chi connectivity index (χ3n) is 1.26. The molecule has 1 aromatic rings. The number of rotatable bonds is 2. The van der Waals surface area contributed by atoms with Crippen LogP contribution in [0.3, 0.4) is 0 Å². The normalized spacial score (nSPS) is 11.2. The van der Waals surface area contributed by atoms with Crippen molar-refractivity contribution in [3.8, 4) is 5.75 Å². The van der Waals surface area contributed by atoms with Gasteiger partial charge in [-0.25, -0.2) is 12.8 Å². The van der Waals surface area contributed by atoms with E-state index in [1.807, 2.05) is 4.72 Å². The van der Waals surface area contributed by atoms with Gasteiger partial charge in [-0.05, 0) is 12.1 Å². The van der Waals surface area contributed by atoms with Crippen LogP contribution in [0.1, 0.15) is 0 Å². The monoisotopic (exact) mass is 205 g/mol. The molecule has 0 radical (unpaired) electrons. The van der Waals surface area contributed by atoms with E-state index in [4.69, 9.17) is 5.11 Å². The number of sulfonamides is 1. The van der Waals surface area contributed by atoms with Gasteiger partial charge in [0.1, 0.15) is 11.6 Å². The quantitative estimate of drug-likeness (QED) is 0.705. The molecule has 0 amide bonds. The molecule has 0 aliphatic rings. The van der Waals surface area contributed by atoms with Crippen molar-refractivity contribution >= 4 is 15.7 Å². The lowest BCUT2D eigenvalue weighted by Gasteiger charge is -2.05. The van der Waals surface area contributed by atoms with Crippen molar-refractivity contribution in [3.05, 3.63) is 24.0 Å². The van der Waals surface area contributed by atoms with Crippen molar-refractivity contribution in [2.75, 3.05) is 11.0 Å². The lowest BCUT2D eigenvalue weighted by molar-refractivity contribution is 0.471.